The molecule has 230 valence electrons. The number of amides is 2. The van der Waals surface area contributed by atoms with Crippen LogP contribution in [0.15, 0.2) is 72.8 Å². The highest BCUT2D eigenvalue weighted by Gasteiger charge is 2.16. The zero-order chi connectivity index (χ0) is 31.6. The van der Waals surface area contributed by atoms with Gasteiger partial charge in [0.15, 0.2) is 0 Å². The second kappa shape index (κ2) is 15.5. The van der Waals surface area contributed by atoms with Crippen LogP contribution in [0, 0.1) is 6.92 Å². The van der Waals surface area contributed by atoms with Crippen LogP contribution in [0.4, 0.5) is 11.4 Å². The number of carbonyl (C=O) groups is 2. The van der Waals surface area contributed by atoms with Gasteiger partial charge >= 0.3 is 0 Å². The highest BCUT2D eigenvalue weighted by atomic mass is 16.2. The molecule has 0 unspecified atom stereocenters. The van der Waals surface area contributed by atoms with E-state index in [2.05, 4.69) is 101 Å². The predicted molar refractivity (Wildman–Crippen MR) is 185 cm³/mol. The lowest BCUT2D eigenvalue weighted by molar-refractivity contribution is -0.116. The van der Waals surface area contributed by atoms with Gasteiger partial charge in [0.25, 0.3) is 0 Å². The molecule has 2 N–H and O–H groups in total. The minimum absolute atomic E-state index is 0.0155. The fourth-order valence-electron chi connectivity index (χ4n) is 5.89. The van der Waals surface area contributed by atoms with E-state index in [-0.39, 0.29) is 11.8 Å². The number of hydrogen-bond donors (Lipinski definition) is 2. The van der Waals surface area contributed by atoms with Crippen LogP contribution < -0.4 is 10.6 Å². The van der Waals surface area contributed by atoms with Crippen LogP contribution >= 0.6 is 0 Å². The van der Waals surface area contributed by atoms with Gasteiger partial charge in [-0.15, -0.1) is 0 Å². The first-order valence-electron chi connectivity index (χ1n) is 16.3. The van der Waals surface area contributed by atoms with E-state index in [0.717, 1.165) is 61.0 Å². The Morgan fingerprint density at radius 1 is 0.477 bits per heavy atom. The molecule has 0 saturated heterocycles. The maximum atomic E-state index is 13.1. The van der Waals surface area contributed by atoms with Gasteiger partial charge in [-0.3, -0.25) is 9.59 Å². The fourth-order valence-corrected chi connectivity index (χ4v) is 5.89. The molecule has 4 aromatic rings. The molecule has 2 amide bonds. The number of benzene rings is 4. The normalized spacial score (nSPS) is 11.0. The molecule has 0 radical (unpaired) electrons. The van der Waals surface area contributed by atoms with Crippen molar-refractivity contribution < 1.29 is 9.59 Å². The minimum atomic E-state index is 0.0155. The topological polar surface area (TPSA) is 58.2 Å². The zero-order valence-electron chi connectivity index (χ0n) is 27.4. The maximum Gasteiger partial charge on any atom is 0.228 e. The quantitative estimate of drug-likeness (QED) is 0.164. The van der Waals surface area contributed by atoms with Crippen molar-refractivity contribution in [2.24, 2.45) is 0 Å². The first-order valence-corrected chi connectivity index (χ1v) is 16.3. The average molecular weight is 589 g/mol. The SMILES string of the molecule is CCc1ccc(CC(=O)Nc2c(CC)cc(Cc3cc(CC)c(NC(=O)Cc4ccc(C)cc4)c(CC)c3)cc2CC)cc1. The van der Waals surface area contributed by atoms with E-state index in [0.29, 0.717) is 12.8 Å². The number of anilines is 2. The number of carbonyl (C=O) groups excluding carboxylic acids is 2. The molecule has 0 aromatic heterocycles. The lowest BCUT2D eigenvalue weighted by atomic mass is 9.92. The molecule has 4 aromatic carbocycles. The summed E-state index contributed by atoms with van der Waals surface area (Å²) in [5.74, 6) is 0.0355. The Kier molecular flexibility index (Phi) is 11.5. The van der Waals surface area contributed by atoms with Gasteiger partial charge in [0.2, 0.25) is 11.8 Å². The molecule has 0 spiro atoms. The summed E-state index contributed by atoms with van der Waals surface area (Å²) in [5.41, 5.74) is 13.6. The van der Waals surface area contributed by atoms with E-state index in [9.17, 15) is 9.59 Å². The number of nitrogens with one attached hydrogen (secondary N) is 2. The third-order valence-corrected chi connectivity index (χ3v) is 8.46. The Bertz CT molecular complexity index is 1530. The molecular weight excluding hydrogens is 540 g/mol. The standard InChI is InChI=1S/C40H48N2O2/c1-7-28-16-18-30(19-17-28)26-38(44)42-40-35(10-4)23-32(24-36(40)11-5)20-31-21-33(8-2)39(34(9-3)22-31)41-37(43)25-29-14-12-27(6)13-15-29/h12-19,21-24H,7-11,20,25-26H2,1-6H3,(H,41,43)(H,42,44). The summed E-state index contributed by atoms with van der Waals surface area (Å²) >= 11 is 0. The van der Waals surface area contributed by atoms with Crippen LogP contribution in [0.1, 0.15) is 90.3 Å². The maximum absolute atomic E-state index is 13.1. The molecule has 4 heteroatoms. The predicted octanol–water partition coefficient (Wildman–Crippen LogP) is 8.76. The molecule has 4 rings (SSSR count). The Labute approximate surface area is 264 Å². The molecule has 0 atom stereocenters. The first-order chi connectivity index (χ1) is 21.3. The molecule has 0 saturated carbocycles. The van der Waals surface area contributed by atoms with Crippen LogP contribution in [-0.4, -0.2) is 11.8 Å². The molecule has 0 fully saturated rings. The second-order valence-corrected chi connectivity index (χ2v) is 11.8. The largest absolute Gasteiger partial charge is 0.325 e. The van der Waals surface area contributed by atoms with Crippen LogP contribution in [0.25, 0.3) is 0 Å². The summed E-state index contributed by atoms with van der Waals surface area (Å²) in [5, 5.41) is 6.49. The van der Waals surface area contributed by atoms with Gasteiger partial charge in [-0.25, -0.2) is 0 Å². The van der Waals surface area contributed by atoms with E-state index < -0.39 is 0 Å². The summed E-state index contributed by atoms with van der Waals surface area (Å²) in [6, 6.07) is 25.5. The number of rotatable bonds is 13. The molecule has 0 aliphatic heterocycles. The first kappa shape index (κ1) is 32.7. The minimum Gasteiger partial charge on any atom is -0.325 e. The van der Waals surface area contributed by atoms with E-state index in [1.807, 2.05) is 24.3 Å². The molecule has 0 aliphatic rings. The highest BCUT2D eigenvalue weighted by Crippen LogP contribution is 2.30. The van der Waals surface area contributed by atoms with Gasteiger partial charge < -0.3 is 10.6 Å². The fraction of sp³-hybridized carbons (Fsp3) is 0.350. The highest BCUT2D eigenvalue weighted by molar-refractivity contribution is 5.94. The lowest BCUT2D eigenvalue weighted by Crippen LogP contribution is -2.17. The van der Waals surface area contributed by atoms with Gasteiger partial charge in [-0.1, -0.05) is 113 Å². The molecule has 4 nitrogen and oxygen atoms in total. The lowest BCUT2D eigenvalue weighted by Gasteiger charge is -2.19. The molecule has 0 heterocycles. The number of hydrogen-bond acceptors (Lipinski definition) is 2. The van der Waals surface area contributed by atoms with Crippen molar-refractivity contribution in [3.63, 3.8) is 0 Å². The molecular formula is C40H48N2O2. The van der Waals surface area contributed by atoms with Crippen LogP contribution in [0.2, 0.25) is 0 Å². The van der Waals surface area contributed by atoms with Crippen molar-refractivity contribution >= 4 is 23.2 Å². The van der Waals surface area contributed by atoms with Crippen molar-refractivity contribution in [3.05, 3.63) is 128 Å². The smallest absolute Gasteiger partial charge is 0.228 e. The van der Waals surface area contributed by atoms with Gasteiger partial charge in [0, 0.05) is 11.4 Å². The van der Waals surface area contributed by atoms with Crippen molar-refractivity contribution in [3.8, 4) is 0 Å². The second-order valence-electron chi connectivity index (χ2n) is 11.8. The van der Waals surface area contributed by atoms with E-state index in [1.54, 1.807) is 0 Å². The van der Waals surface area contributed by atoms with Gasteiger partial charge in [-0.05, 0) is 95.5 Å². The summed E-state index contributed by atoms with van der Waals surface area (Å²) < 4.78 is 0. The summed E-state index contributed by atoms with van der Waals surface area (Å²) in [4.78, 5) is 26.1. The third-order valence-electron chi connectivity index (χ3n) is 8.46. The Hall–Kier alpha value is -4.18. The Morgan fingerprint density at radius 3 is 1.16 bits per heavy atom. The van der Waals surface area contributed by atoms with Gasteiger partial charge in [0.1, 0.15) is 0 Å². The summed E-state index contributed by atoms with van der Waals surface area (Å²) in [6.07, 6.45) is 5.89. The summed E-state index contributed by atoms with van der Waals surface area (Å²) in [7, 11) is 0. The number of aryl methyl sites for hydroxylation is 6. The molecule has 44 heavy (non-hydrogen) atoms. The van der Waals surface area contributed by atoms with Crippen molar-refractivity contribution in [1.82, 2.24) is 0 Å². The van der Waals surface area contributed by atoms with Gasteiger partial charge in [-0.2, -0.15) is 0 Å². The Morgan fingerprint density at radius 2 is 0.818 bits per heavy atom. The van der Waals surface area contributed by atoms with E-state index >= 15 is 0 Å². The van der Waals surface area contributed by atoms with E-state index in [1.165, 1.54) is 44.5 Å². The van der Waals surface area contributed by atoms with Crippen molar-refractivity contribution in [1.29, 1.82) is 0 Å². The molecule has 0 aliphatic carbocycles. The Balaban J connectivity index is 1.53. The van der Waals surface area contributed by atoms with Crippen molar-refractivity contribution in [2.75, 3.05) is 10.6 Å². The molecule has 0 bridgehead atoms. The summed E-state index contributed by atoms with van der Waals surface area (Å²) in [6.45, 7) is 12.8. The monoisotopic (exact) mass is 588 g/mol. The van der Waals surface area contributed by atoms with Crippen LogP contribution in [-0.2, 0) is 61.0 Å². The zero-order valence-corrected chi connectivity index (χ0v) is 27.4. The van der Waals surface area contributed by atoms with E-state index in [4.69, 9.17) is 0 Å². The van der Waals surface area contributed by atoms with Crippen LogP contribution in [0.3, 0.4) is 0 Å². The third kappa shape index (κ3) is 8.47. The van der Waals surface area contributed by atoms with Crippen molar-refractivity contribution in [2.45, 2.75) is 92.9 Å². The van der Waals surface area contributed by atoms with Crippen LogP contribution in [0.5, 0.6) is 0 Å². The van der Waals surface area contributed by atoms with Gasteiger partial charge in [0.05, 0.1) is 12.8 Å². The average Bonchev–Trinajstić information content (AvgIpc) is 3.03.